The minimum absolute atomic E-state index is 0.612. The maximum Gasteiger partial charge on any atom is 0.254 e. The summed E-state index contributed by atoms with van der Waals surface area (Å²) in [6, 6.07) is 1.83. The van der Waals surface area contributed by atoms with Crippen LogP contribution >= 0.6 is 15.9 Å². The molecule has 1 aliphatic rings. The Morgan fingerprint density at radius 2 is 2.46 bits per heavy atom. The molecule has 4 heteroatoms. The van der Waals surface area contributed by atoms with E-state index in [0.717, 1.165) is 18.3 Å². The van der Waals surface area contributed by atoms with E-state index in [-0.39, 0.29) is 0 Å². The maximum atomic E-state index is 5.47. The van der Waals surface area contributed by atoms with E-state index in [1.54, 1.807) is 0 Å². The topological polar surface area (TPSA) is 35.3 Å². The Hall–Kier alpha value is -0.510. The van der Waals surface area contributed by atoms with Gasteiger partial charge in [0.1, 0.15) is 0 Å². The van der Waals surface area contributed by atoms with Crippen molar-refractivity contribution in [1.29, 1.82) is 0 Å². The molecule has 0 saturated heterocycles. The molecule has 0 aromatic carbocycles. The van der Waals surface area contributed by atoms with Crippen LogP contribution in [0.5, 0.6) is 5.88 Å². The summed E-state index contributed by atoms with van der Waals surface area (Å²) in [7, 11) is 0. The Morgan fingerprint density at radius 3 is 3.00 bits per heavy atom. The molecule has 2 rings (SSSR count). The van der Waals surface area contributed by atoms with E-state index in [9.17, 15) is 0 Å². The first-order chi connectivity index (χ1) is 6.38. The fourth-order valence-corrected chi connectivity index (χ4v) is 1.55. The molecule has 1 aromatic heterocycles. The lowest BCUT2D eigenvalue weighted by Crippen LogP contribution is -2.19. The first-order valence-electron chi connectivity index (χ1n) is 4.53. The van der Waals surface area contributed by atoms with E-state index >= 15 is 0 Å². The van der Waals surface area contributed by atoms with Gasteiger partial charge in [0.2, 0.25) is 0 Å². The number of alkyl halides is 1. The highest BCUT2D eigenvalue weighted by Crippen LogP contribution is 2.27. The molecule has 0 aliphatic heterocycles. The van der Waals surface area contributed by atoms with Crippen molar-refractivity contribution < 1.29 is 9.26 Å². The van der Waals surface area contributed by atoms with Crippen molar-refractivity contribution in [3.8, 4) is 5.88 Å². The van der Waals surface area contributed by atoms with Crippen LogP contribution in [0.25, 0.3) is 0 Å². The zero-order chi connectivity index (χ0) is 9.10. The molecule has 72 valence electrons. The monoisotopic (exact) mass is 245 g/mol. The van der Waals surface area contributed by atoms with Crippen LogP contribution in [0, 0.1) is 5.92 Å². The first kappa shape index (κ1) is 9.06. The van der Waals surface area contributed by atoms with Gasteiger partial charge in [-0.2, -0.15) is 0 Å². The largest absolute Gasteiger partial charge is 0.475 e. The number of aromatic nitrogens is 1. The molecule has 0 unspecified atom stereocenters. The van der Waals surface area contributed by atoms with Crippen LogP contribution in [-0.4, -0.2) is 11.8 Å². The van der Waals surface area contributed by atoms with Crippen molar-refractivity contribution in [2.24, 2.45) is 5.92 Å². The zero-order valence-corrected chi connectivity index (χ0v) is 8.92. The Bertz CT molecular complexity index is 270. The number of ether oxygens (including phenoxy) is 1. The number of nitrogens with zero attached hydrogens (tertiary/aromatic N) is 1. The summed E-state index contributed by atoms with van der Waals surface area (Å²) in [5, 5.41) is 4.48. The molecule has 0 radical (unpaired) electrons. The van der Waals surface area contributed by atoms with E-state index in [4.69, 9.17) is 9.26 Å². The molecular weight excluding hydrogens is 234 g/mol. The molecule has 1 fully saturated rings. The van der Waals surface area contributed by atoms with E-state index in [1.165, 1.54) is 19.3 Å². The normalized spacial score (nSPS) is 17.0. The minimum Gasteiger partial charge on any atom is -0.475 e. The SMILES string of the molecule is BrCc1cc(OCC2CCC2)no1. The van der Waals surface area contributed by atoms with Gasteiger partial charge in [-0.15, -0.1) is 0 Å². The summed E-state index contributed by atoms with van der Waals surface area (Å²) < 4.78 is 10.4. The van der Waals surface area contributed by atoms with Crippen molar-refractivity contribution in [2.75, 3.05) is 6.61 Å². The average molecular weight is 246 g/mol. The highest BCUT2D eigenvalue weighted by molar-refractivity contribution is 9.08. The van der Waals surface area contributed by atoms with Crippen molar-refractivity contribution in [3.05, 3.63) is 11.8 Å². The highest BCUT2D eigenvalue weighted by atomic mass is 79.9. The van der Waals surface area contributed by atoms with Crippen molar-refractivity contribution >= 4 is 15.9 Å². The molecule has 3 nitrogen and oxygen atoms in total. The highest BCUT2D eigenvalue weighted by Gasteiger charge is 2.18. The summed E-state index contributed by atoms with van der Waals surface area (Å²) in [6.07, 6.45) is 3.94. The number of hydrogen-bond acceptors (Lipinski definition) is 3. The van der Waals surface area contributed by atoms with Crippen LogP contribution in [0.2, 0.25) is 0 Å². The second-order valence-corrected chi connectivity index (χ2v) is 3.93. The van der Waals surface area contributed by atoms with Gasteiger partial charge in [0.25, 0.3) is 5.88 Å². The average Bonchev–Trinajstić information content (AvgIpc) is 2.49. The van der Waals surface area contributed by atoms with E-state index in [2.05, 4.69) is 21.1 Å². The van der Waals surface area contributed by atoms with Crippen LogP contribution in [0.1, 0.15) is 25.0 Å². The maximum absolute atomic E-state index is 5.47. The second-order valence-electron chi connectivity index (χ2n) is 3.37. The lowest BCUT2D eigenvalue weighted by atomic mass is 9.86. The standard InChI is InChI=1S/C9H12BrNO2/c10-5-8-4-9(11-13-8)12-6-7-2-1-3-7/h4,7H,1-3,5-6H2. The molecule has 1 aromatic rings. The Kier molecular flexibility index (Phi) is 2.88. The van der Waals surface area contributed by atoms with Crippen molar-refractivity contribution in [1.82, 2.24) is 5.16 Å². The molecule has 1 aliphatic carbocycles. The van der Waals surface area contributed by atoms with Gasteiger partial charge in [-0.05, 0) is 23.9 Å². The van der Waals surface area contributed by atoms with Gasteiger partial charge in [-0.1, -0.05) is 22.4 Å². The van der Waals surface area contributed by atoms with Gasteiger partial charge in [-0.3, -0.25) is 0 Å². The van der Waals surface area contributed by atoms with Gasteiger partial charge in [-0.25, -0.2) is 0 Å². The smallest absolute Gasteiger partial charge is 0.254 e. The fraction of sp³-hybridized carbons (Fsp3) is 0.667. The number of hydrogen-bond donors (Lipinski definition) is 0. The third-order valence-corrected chi connectivity index (χ3v) is 2.91. The van der Waals surface area contributed by atoms with Gasteiger partial charge in [0, 0.05) is 6.07 Å². The third kappa shape index (κ3) is 2.24. The quantitative estimate of drug-likeness (QED) is 0.766. The molecular formula is C9H12BrNO2. The third-order valence-electron chi connectivity index (χ3n) is 2.36. The van der Waals surface area contributed by atoms with Crippen molar-refractivity contribution in [3.63, 3.8) is 0 Å². The Balaban J connectivity index is 1.79. The predicted molar refractivity (Wildman–Crippen MR) is 52.0 cm³/mol. The summed E-state index contributed by atoms with van der Waals surface area (Å²) in [5.41, 5.74) is 0. The van der Waals surface area contributed by atoms with Gasteiger partial charge in [0.05, 0.1) is 11.9 Å². The summed E-state index contributed by atoms with van der Waals surface area (Å²) >= 11 is 3.29. The molecule has 0 bridgehead atoms. The van der Waals surface area contributed by atoms with Gasteiger partial charge >= 0.3 is 0 Å². The minimum atomic E-state index is 0.612. The molecule has 0 N–H and O–H groups in total. The Morgan fingerprint density at radius 1 is 1.62 bits per heavy atom. The van der Waals surface area contributed by atoms with Crippen LogP contribution in [0.4, 0.5) is 0 Å². The molecule has 13 heavy (non-hydrogen) atoms. The molecule has 0 amide bonds. The lowest BCUT2D eigenvalue weighted by molar-refractivity contribution is 0.169. The van der Waals surface area contributed by atoms with Crippen molar-refractivity contribution in [2.45, 2.75) is 24.6 Å². The Labute approximate surface area is 85.6 Å². The summed E-state index contributed by atoms with van der Waals surface area (Å²) in [4.78, 5) is 0. The summed E-state index contributed by atoms with van der Waals surface area (Å²) in [5.74, 6) is 2.16. The van der Waals surface area contributed by atoms with E-state index in [0.29, 0.717) is 11.2 Å². The zero-order valence-electron chi connectivity index (χ0n) is 7.33. The number of halogens is 1. The van der Waals surface area contributed by atoms with Gasteiger partial charge in [0.15, 0.2) is 5.76 Å². The summed E-state index contributed by atoms with van der Waals surface area (Å²) in [6.45, 7) is 0.786. The van der Waals surface area contributed by atoms with Crippen LogP contribution in [0.15, 0.2) is 10.6 Å². The molecule has 1 saturated carbocycles. The number of rotatable bonds is 4. The predicted octanol–water partition coefficient (Wildman–Crippen LogP) is 2.75. The molecule has 0 atom stereocenters. The van der Waals surface area contributed by atoms with Gasteiger partial charge < -0.3 is 9.26 Å². The van der Waals surface area contributed by atoms with Crippen LogP contribution in [-0.2, 0) is 5.33 Å². The van der Waals surface area contributed by atoms with Crippen LogP contribution in [0.3, 0.4) is 0 Å². The second kappa shape index (κ2) is 4.13. The first-order valence-corrected chi connectivity index (χ1v) is 5.65. The lowest BCUT2D eigenvalue weighted by Gasteiger charge is -2.24. The molecule has 0 spiro atoms. The molecule has 1 heterocycles. The van der Waals surface area contributed by atoms with E-state index < -0.39 is 0 Å². The van der Waals surface area contributed by atoms with Crippen LogP contribution < -0.4 is 4.74 Å². The fourth-order valence-electron chi connectivity index (χ4n) is 1.29. The van der Waals surface area contributed by atoms with E-state index in [1.807, 2.05) is 6.07 Å².